The number of hydrogen-bond donors (Lipinski definition) is 3. The number of fused-ring (bicyclic) bond motifs is 1. The number of thiocarbonyl (C=S) groups is 1. The number of benzene rings is 1. The van der Waals surface area contributed by atoms with Crippen LogP contribution in [-0.4, -0.2) is 21.1 Å². The number of para-hydroxylation sites is 1. The molecular formula is C13H10N4O2S. The third-order valence-corrected chi connectivity index (χ3v) is 3.09. The Bertz CT molecular complexity index is 805. The Morgan fingerprint density at radius 1 is 1.35 bits per heavy atom. The molecule has 0 aliphatic heterocycles. The van der Waals surface area contributed by atoms with Crippen LogP contribution in [0.2, 0.25) is 0 Å². The van der Waals surface area contributed by atoms with Crippen molar-refractivity contribution in [1.29, 1.82) is 0 Å². The minimum absolute atomic E-state index is 0.158. The molecule has 3 aromatic rings. The van der Waals surface area contributed by atoms with Crippen molar-refractivity contribution >= 4 is 39.9 Å². The quantitative estimate of drug-likeness (QED) is 0.640. The molecule has 0 spiro atoms. The van der Waals surface area contributed by atoms with Crippen LogP contribution >= 0.6 is 12.2 Å². The SMILES string of the molecule is NC(=S)c1cn[nH]c1NC(=O)c1coc2ccccc12. The highest BCUT2D eigenvalue weighted by Gasteiger charge is 2.16. The van der Waals surface area contributed by atoms with Gasteiger partial charge in [0.05, 0.1) is 17.3 Å². The molecule has 0 atom stereocenters. The van der Waals surface area contributed by atoms with Crippen molar-refractivity contribution in [2.45, 2.75) is 0 Å². The highest BCUT2D eigenvalue weighted by molar-refractivity contribution is 7.80. The van der Waals surface area contributed by atoms with Gasteiger partial charge in [0.2, 0.25) is 0 Å². The minimum atomic E-state index is -0.322. The average Bonchev–Trinajstić information content (AvgIpc) is 3.04. The molecule has 0 saturated carbocycles. The fraction of sp³-hybridized carbons (Fsp3) is 0. The second-order valence-electron chi connectivity index (χ2n) is 4.12. The summed E-state index contributed by atoms with van der Waals surface area (Å²) in [5, 5.41) is 9.88. The van der Waals surface area contributed by atoms with Crippen molar-refractivity contribution in [3.05, 3.63) is 47.9 Å². The van der Waals surface area contributed by atoms with Gasteiger partial charge in [-0.25, -0.2) is 0 Å². The van der Waals surface area contributed by atoms with Gasteiger partial charge in [0.25, 0.3) is 5.91 Å². The summed E-state index contributed by atoms with van der Waals surface area (Å²) in [5.41, 5.74) is 7.12. The Morgan fingerprint density at radius 3 is 2.95 bits per heavy atom. The maximum Gasteiger partial charge on any atom is 0.260 e. The van der Waals surface area contributed by atoms with Gasteiger partial charge >= 0.3 is 0 Å². The number of aromatic nitrogens is 2. The van der Waals surface area contributed by atoms with Crippen LogP contribution in [0.3, 0.4) is 0 Å². The smallest absolute Gasteiger partial charge is 0.260 e. The van der Waals surface area contributed by atoms with Gasteiger partial charge in [-0.15, -0.1) is 0 Å². The summed E-state index contributed by atoms with van der Waals surface area (Å²) in [7, 11) is 0. The van der Waals surface area contributed by atoms with Crippen molar-refractivity contribution in [2.75, 3.05) is 5.32 Å². The van der Waals surface area contributed by atoms with E-state index < -0.39 is 0 Å². The second kappa shape index (κ2) is 4.78. The summed E-state index contributed by atoms with van der Waals surface area (Å²) >= 11 is 4.88. The zero-order chi connectivity index (χ0) is 14.1. The Balaban J connectivity index is 1.93. The lowest BCUT2D eigenvalue weighted by molar-refractivity contribution is 0.102. The average molecular weight is 286 g/mol. The van der Waals surface area contributed by atoms with E-state index in [0.717, 1.165) is 5.39 Å². The predicted molar refractivity (Wildman–Crippen MR) is 78.6 cm³/mol. The summed E-state index contributed by atoms with van der Waals surface area (Å²) in [6.45, 7) is 0. The number of nitrogens with two attached hydrogens (primary N) is 1. The third-order valence-electron chi connectivity index (χ3n) is 2.87. The molecule has 20 heavy (non-hydrogen) atoms. The van der Waals surface area contributed by atoms with E-state index in [1.54, 1.807) is 6.07 Å². The number of H-pyrrole nitrogens is 1. The van der Waals surface area contributed by atoms with E-state index in [-0.39, 0.29) is 10.9 Å². The predicted octanol–water partition coefficient (Wildman–Crippen LogP) is 2.04. The lowest BCUT2D eigenvalue weighted by Gasteiger charge is -2.03. The van der Waals surface area contributed by atoms with Crippen LogP contribution in [0, 0.1) is 0 Å². The number of anilines is 1. The van der Waals surface area contributed by atoms with Gasteiger partial charge < -0.3 is 15.5 Å². The van der Waals surface area contributed by atoms with E-state index in [4.69, 9.17) is 22.4 Å². The van der Waals surface area contributed by atoms with Gasteiger partial charge in [0.15, 0.2) is 0 Å². The van der Waals surface area contributed by atoms with Crippen LogP contribution in [0.1, 0.15) is 15.9 Å². The highest BCUT2D eigenvalue weighted by atomic mass is 32.1. The zero-order valence-corrected chi connectivity index (χ0v) is 11.0. The van der Waals surface area contributed by atoms with Gasteiger partial charge in [-0.2, -0.15) is 5.10 Å². The standard InChI is InChI=1S/C13H10N4O2S/c14-11(20)8-5-15-17-12(8)16-13(18)9-6-19-10-4-2-1-3-7(9)10/h1-6H,(H2,14,20)(H2,15,16,17,18). The first-order chi connectivity index (χ1) is 9.66. The molecule has 1 aromatic carbocycles. The number of hydrogen-bond acceptors (Lipinski definition) is 4. The number of amides is 1. The molecule has 6 nitrogen and oxygen atoms in total. The molecule has 0 bridgehead atoms. The molecule has 2 aromatic heterocycles. The maximum atomic E-state index is 12.3. The van der Waals surface area contributed by atoms with Crippen molar-refractivity contribution in [3.8, 4) is 0 Å². The summed E-state index contributed by atoms with van der Waals surface area (Å²) in [6, 6.07) is 7.29. The number of carbonyl (C=O) groups excluding carboxylic acids is 1. The number of carbonyl (C=O) groups is 1. The van der Waals surface area contributed by atoms with Gasteiger partial charge in [0, 0.05) is 5.39 Å². The van der Waals surface area contributed by atoms with E-state index >= 15 is 0 Å². The normalized spacial score (nSPS) is 10.6. The Hall–Kier alpha value is -2.67. The molecule has 0 saturated heterocycles. The molecule has 0 aliphatic carbocycles. The Labute approximate surface area is 119 Å². The van der Waals surface area contributed by atoms with Gasteiger partial charge in [-0.05, 0) is 6.07 Å². The molecule has 1 amide bonds. The van der Waals surface area contributed by atoms with Crippen LogP contribution in [0.5, 0.6) is 0 Å². The minimum Gasteiger partial charge on any atom is -0.463 e. The van der Waals surface area contributed by atoms with E-state index in [2.05, 4.69) is 15.5 Å². The van der Waals surface area contributed by atoms with Crippen LogP contribution in [0.25, 0.3) is 11.0 Å². The molecule has 7 heteroatoms. The molecular weight excluding hydrogens is 276 g/mol. The fourth-order valence-electron chi connectivity index (χ4n) is 1.90. The van der Waals surface area contributed by atoms with E-state index in [9.17, 15) is 4.79 Å². The summed E-state index contributed by atoms with van der Waals surface area (Å²) in [6.07, 6.45) is 2.88. The molecule has 2 heterocycles. The maximum absolute atomic E-state index is 12.3. The summed E-state index contributed by atoms with van der Waals surface area (Å²) in [5.74, 6) is 0.0458. The number of nitrogens with zero attached hydrogens (tertiary/aromatic N) is 1. The zero-order valence-electron chi connectivity index (χ0n) is 10.2. The van der Waals surface area contributed by atoms with Crippen LogP contribution in [-0.2, 0) is 0 Å². The van der Waals surface area contributed by atoms with Crippen LogP contribution in [0.15, 0.2) is 41.1 Å². The van der Waals surface area contributed by atoms with E-state index in [1.165, 1.54) is 12.5 Å². The number of aromatic amines is 1. The van der Waals surface area contributed by atoms with E-state index in [0.29, 0.717) is 22.5 Å². The first-order valence-electron chi connectivity index (χ1n) is 5.77. The van der Waals surface area contributed by atoms with Gasteiger partial charge in [-0.1, -0.05) is 30.4 Å². The fourth-order valence-corrected chi connectivity index (χ4v) is 2.06. The van der Waals surface area contributed by atoms with E-state index in [1.807, 2.05) is 18.2 Å². The first-order valence-corrected chi connectivity index (χ1v) is 6.18. The third kappa shape index (κ3) is 2.04. The molecule has 3 rings (SSSR count). The van der Waals surface area contributed by atoms with Crippen molar-refractivity contribution < 1.29 is 9.21 Å². The molecule has 0 fully saturated rings. The summed E-state index contributed by atoms with van der Waals surface area (Å²) in [4.78, 5) is 12.4. The van der Waals surface area contributed by atoms with Crippen molar-refractivity contribution in [1.82, 2.24) is 10.2 Å². The van der Waals surface area contributed by atoms with Crippen LogP contribution in [0.4, 0.5) is 5.82 Å². The lowest BCUT2D eigenvalue weighted by Crippen LogP contribution is -2.16. The Morgan fingerprint density at radius 2 is 2.15 bits per heavy atom. The summed E-state index contributed by atoms with van der Waals surface area (Å²) < 4.78 is 5.33. The number of nitrogens with one attached hydrogen (secondary N) is 2. The molecule has 4 N–H and O–H groups in total. The van der Waals surface area contributed by atoms with Crippen LogP contribution < -0.4 is 11.1 Å². The monoisotopic (exact) mass is 286 g/mol. The highest BCUT2D eigenvalue weighted by Crippen LogP contribution is 2.22. The number of rotatable bonds is 3. The van der Waals surface area contributed by atoms with Gasteiger partial charge in [-0.3, -0.25) is 9.89 Å². The van der Waals surface area contributed by atoms with Gasteiger partial charge in [0.1, 0.15) is 22.7 Å². The lowest BCUT2D eigenvalue weighted by atomic mass is 10.1. The second-order valence-corrected chi connectivity index (χ2v) is 4.56. The topological polar surface area (TPSA) is 96.9 Å². The largest absolute Gasteiger partial charge is 0.463 e. The molecule has 0 aliphatic rings. The Kier molecular flexibility index (Phi) is 2.96. The van der Waals surface area contributed by atoms with Crippen molar-refractivity contribution in [3.63, 3.8) is 0 Å². The molecule has 0 radical (unpaired) electrons. The molecule has 0 unspecified atom stereocenters. The number of furan rings is 1. The molecule has 100 valence electrons. The first kappa shape index (κ1) is 12.4. The van der Waals surface area contributed by atoms with Crippen molar-refractivity contribution in [2.24, 2.45) is 5.73 Å².